The van der Waals surface area contributed by atoms with Crippen molar-refractivity contribution in [2.45, 2.75) is 13.3 Å². The maximum atomic E-state index is 11.2. The summed E-state index contributed by atoms with van der Waals surface area (Å²) >= 11 is 0. The number of methoxy groups -OCH3 is 1. The fraction of sp³-hybridized carbons (Fsp3) is 0.500. The molecule has 0 spiro atoms. The van der Waals surface area contributed by atoms with E-state index in [1.807, 2.05) is 6.92 Å². The van der Waals surface area contributed by atoms with Gasteiger partial charge in [-0.1, -0.05) is 6.92 Å². The second-order valence-corrected chi connectivity index (χ2v) is 3.05. The van der Waals surface area contributed by atoms with Crippen LogP contribution in [0.5, 0.6) is 0 Å². The highest BCUT2D eigenvalue weighted by Crippen LogP contribution is 2.05. The fourth-order valence-electron chi connectivity index (χ4n) is 1.19. The second kappa shape index (κ2) is 5.95. The van der Waals surface area contributed by atoms with E-state index in [2.05, 4.69) is 14.7 Å². The Morgan fingerprint density at radius 1 is 1.47 bits per heavy atom. The third kappa shape index (κ3) is 3.53. The third-order valence-corrected chi connectivity index (χ3v) is 1.88. The molecule has 0 aliphatic carbocycles. The zero-order valence-electron chi connectivity index (χ0n) is 9.01. The van der Waals surface area contributed by atoms with Crippen LogP contribution in [-0.4, -0.2) is 36.1 Å². The van der Waals surface area contributed by atoms with Gasteiger partial charge in [-0.05, 0) is 12.5 Å². The van der Waals surface area contributed by atoms with Crippen LogP contribution in [-0.2, 0) is 9.53 Å². The zero-order valence-corrected chi connectivity index (χ0v) is 9.01. The summed E-state index contributed by atoms with van der Waals surface area (Å²) in [6.07, 6.45) is 4.24. The minimum Gasteiger partial charge on any atom is -0.468 e. The van der Waals surface area contributed by atoms with E-state index in [4.69, 9.17) is 0 Å². The molecule has 0 unspecified atom stereocenters. The number of hydrogen-bond acceptors (Lipinski definition) is 5. The van der Waals surface area contributed by atoms with Crippen LogP contribution in [0.2, 0.25) is 0 Å². The van der Waals surface area contributed by atoms with E-state index in [-0.39, 0.29) is 12.5 Å². The average molecular weight is 209 g/mol. The van der Waals surface area contributed by atoms with Gasteiger partial charge in [-0.25, -0.2) is 9.97 Å². The van der Waals surface area contributed by atoms with Gasteiger partial charge in [-0.2, -0.15) is 0 Å². The van der Waals surface area contributed by atoms with Gasteiger partial charge in [0, 0.05) is 18.9 Å². The molecular formula is C10H15N3O2. The number of anilines is 1. The van der Waals surface area contributed by atoms with Crippen molar-refractivity contribution < 1.29 is 9.53 Å². The molecule has 0 bridgehead atoms. The molecule has 0 saturated heterocycles. The second-order valence-electron chi connectivity index (χ2n) is 3.05. The topological polar surface area (TPSA) is 55.3 Å². The van der Waals surface area contributed by atoms with Gasteiger partial charge in [0.1, 0.15) is 6.54 Å². The zero-order chi connectivity index (χ0) is 11.1. The number of nitrogens with zero attached hydrogens (tertiary/aromatic N) is 3. The number of esters is 1. The van der Waals surface area contributed by atoms with Gasteiger partial charge in [0.2, 0.25) is 5.95 Å². The van der Waals surface area contributed by atoms with Crippen molar-refractivity contribution in [3.8, 4) is 0 Å². The molecule has 1 aromatic heterocycles. The summed E-state index contributed by atoms with van der Waals surface area (Å²) in [5.41, 5.74) is 0. The molecule has 0 amide bonds. The molecule has 15 heavy (non-hydrogen) atoms. The third-order valence-electron chi connectivity index (χ3n) is 1.88. The minimum absolute atomic E-state index is 0.189. The molecule has 5 heteroatoms. The van der Waals surface area contributed by atoms with Crippen LogP contribution in [0.1, 0.15) is 13.3 Å². The molecule has 0 N–H and O–H groups in total. The van der Waals surface area contributed by atoms with Crippen molar-refractivity contribution in [1.29, 1.82) is 0 Å². The van der Waals surface area contributed by atoms with Crippen molar-refractivity contribution in [3.05, 3.63) is 18.5 Å². The number of carbonyl (C=O) groups excluding carboxylic acids is 1. The molecule has 0 atom stereocenters. The minimum atomic E-state index is -0.282. The molecule has 0 radical (unpaired) electrons. The Morgan fingerprint density at radius 2 is 2.13 bits per heavy atom. The quantitative estimate of drug-likeness (QED) is 0.673. The lowest BCUT2D eigenvalue weighted by Crippen LogP contribution is -2.32. The van der Waals surface area contributed by atoms with Crippen molar-refractivity contribution in [1.82, 2.24) is 9.97 Å². The highest BCUT2D eigenvalue weighted by Gasteiger charge is 2.12. The number of rotatable bonds is 5. The van der Waals surface area contributed by atoms with Crippen LogP contribution in [0.4, 0.5) is 5.95 Å². The number of ether oxygens (including phenoxy) is 1. The normalized spacial score (nSPS) is 9.73. The van der Waals surface area contributed by atoms with Crippen molar-refractivity contribution in [2.24, 2.45) is 0 Å². The van der Waals surface area contributed by atoms with E-state index in [1.165, 1.54) is 7.11 Å². The summed E-state index contributed by atoms with van der Waals surface area (Å²) in [7, 11) is 1.37. The monoisotopic (exact) mass is 209 g/mol. The summed E-state index contributed by atoms with van der Waals surface area (Å²) in [6.45, 7) is 2.96. The van der Waals surface area contributed by atoms with Crippen molar-refractivity contribution in [2.75, 3.05) is 25.1 Å². The number of aromatic nitrogens is 2. The molecular weight excluding hydrogens is 194 g/mol. The maximum absolute atomic E-state index is 11.2. The Bertz CT molecular complexity index is 303. The summed E-state index contributed by atoms with van der Waals surface area (Å²) in [5, 5.41) is 0. The summed E-state index contributed by atoms with van der Waals surface area (Å²) in [5.74, 6) is 0.278. The lowest BCUT2D eigenvalue weighted by molar-refractivity contribution is -0.138. The van der Waals surface area contributed by atoms with Gasteiger partial charge in [-0.15, -0.1) is 0 Å². The van der Waals surface area contributed by atoms with Crippen molar-refractivity contribution in [3.63, 3.8) is 0 Å². The van der Waals surface area contributed by atoms with Crippen LogP contribution in [0.25, 0.3) is 0 Å². The standard InChI is InChI=1S/C10H15N3O2/c1-3-7-13(8-9(14)15-2)10-11-5-4-6-12-10/h4-6H,3,7-8H2,1-2H3. The first-order valence-electron chi connectivity index (χ1n) is 4.86. The number of hydrogen-bond donors (Lipinski definition) is 0. The van der Waals surface area contributed by atoms with Gasteiger partial charge < -0.3 is 9.64 Å². The van der Waals surface area contributed by atoms with Crippen LogP contribution in [0.15, 0.2) is 18.5 Å². The molecule has 82 valence electrons. The molecule has 0 aliphatic heterocycles. The van der Waals surface area contributed by atoms with Crippen LogP contribution < -0.4 is 4.90 Å². The summed E-state index contributed by atoms with van der Waals surface area (Å²) in [6, 6.07) is 1.74. The highest BCUT2D eigenvalue weighted by molar-refractivity contribution is 5.74. The van der Waals surface area contributed by atoms with Gasteiger partial charge in [0.05, 0.1) is 7.11 Å². The first-order valence-corrected chi connectivity index (χ1v) is 4.86. The Morgan fingerprint density at radius 3 is 2.67 bits per heavy atom. The largest absolute Gasteiger partial charge is 0.468 e. The Hall–Kier alpha value is -1.65. The average Bonchev–Trinajstić information content (AvgIpc) is 2.29. The predicted molar refractivity (Wildman–Crippen MR) is 56.6 cm³/mol. The molecule has 0 fully saturated rings. The maximum Gasteiger partial charge on any atom is 0.325 e. The van der Waals surface area contributed by atoms with Gasteiger partial charge >= 0.3 is 5.97 Å². The molecule has 5 nitrogen and oxygen atoms in total. The first kappa shape index (κ1) is 11.4. The Balaban J connectivity index is 2.70. The summed E-state index contributed by atoms with van der Waals surface area (Å²) in [4.78, 5) is 21.1. The first-order chi connectivity index (χ1) is 7.27. The van der Waals surface area contributed by atoms with Crippen LogP contribution >= 0.6 is 0 Å². The lowest BCUT2D eigenvalue weighted by Gasteiger charge is -2.19. The molecule has 0 saturated carbocycles. The fourth-order valence-corrected chi connectivity index (χ4v) is 1.19. The Labute approximate surface area is 89.1 Å². The summed E-state index contributed by atoms with van der Waals surface area (Å²) < 4.78 is 4.61. The van der Waals surface area contributed by atoms with Crippen LogP contribution in [0.3, 0.4) is 0 Å². The van der Waals surface area contributed by atoms with E-state index < -0.39 is 0 Å². The van der Waals surface area contributed by atoms with Gasteiger partial charge in [0.15, 0.2) is 0 Å². The highest BCUT2D eigenvalue weighted by atomic mass is 16.5. The predicted octanol–water partition coefficient (Wildman–Crippen LogP) is 0.866. The molecule has 1 rings (SSSR count). The van der Waals surface area contributed by atoms with E-state index in [1.54, 1.807) is 23.4 Å². The van der Waals surface area contributed by atoms with E-state index in [0.717, 1.165) is 13.0 Å². The molecule has 0 aromatic carbocycles. The lowest BCUT2D eigenvalue weighted by atomic mass is 10.4. The van der Waals surface area contributed by atoms with Gasteiger partial charge in [-0.3, -0.25) is 4.79 Å². The van der Waals surface area contributed by atoms with Crippen molar-refractivity contribution >= 4 is 11.9 Å². The van der Waals surface area contributed by atoms with E-state index in [0.29, 0.717) is 5.95 Å². The number of carbonyl (C=O) groups is 1. The van der Waals surface area contributed by atoms with E-state index >= 15 is 0 Å². The van der Waals surface area contributed by atoms with Gasteiger partial charge in [0.25, 0.3) is 0 Å². The Kier molecular flexibility index (Phi) is 4.53. The molecule has 1 heterocycles. The smallest absolute Gasteiger partial charge is 0.325 e. The SMILES string of the molecule is CCCN(CC(=O)OC)c1ncccn1. The van der Waals surface area contributed by atoms with Crippen LogP contribution in [0, 0.1) is 0 Å². The molecule has 0 aliphatic rings. The molecule has 1 aromatic rings. The van der Waals surface area contributed by atoms with E-state index in [9.17, 15) is 4.79 Å².